The fourth-order valence-electron chi connectivity index (χ4n) is 4.10. The van der Waals surface area contributed by atoms with Gasteiger partial charge < -0.3 is 10.6 Å². The molecule has 136 valence electrons. The van der Waals surface area contributed by atoms with E-state index < -0.39 is 0 Å². The number of hydrogen-bond donors (Lipinski definition) is 2. The largest absolute Gasteiger partial charge is 0.353 e. The van der Waals surface area contributed by atoms with Crippen LogP contribution in [-0.2, 0) is 22.4 Å². The van der Waals surface area contributed by atoms with E-state index in [1.54, 1.807) is 0 Å². The van der Waals surface area contributed by atoms with Gasteiger partial charge in [-0.3, -0.25) is 14.5 Å². The summed E-state index contributed by atoms with van der Waals surface area (Å²) in [6.45, 7) is 5.62. The summed E-state index contributed by atoms with van der Waals surface area (Å²) in [6.07, 6.45) is 4.01. The standard InChI is InChI=1S/C20H29N3O2/c1-3-16(4-2)22-19(24)13-18-20(25)21-9-10-23(18)17-11-14-7-5-6-8-15(14)12-17/h5-8,16-18H,3-4,9-13H2,1-2H3,(H,21,25)(H,22,24). The molecule has 1 unspecified atom stereocenters. The molecule has 5 heteroatoms. The van der Waals surface area contributed by atoms with Crippen molar-refractivity contribution in [3.63, 3.8) is 0 Å². The average Bonchev–Trinajstić information content (AvgIpc) is 3.05. The van der Waals surface area contributed by atoms with Gasteiger partial charge in [0.1, 0.15) is 0 Å². The molecule has 2 aliphatic rings. The third-order valence-corrected chi connectivity index (χ3v) is 5.60. The van der Waals surface area contributed by atoms with Crippen LogP contribution in [0.3, 0.4) is 0 Å². The maximum Gasteiger partial charge on any atom is 0.237 e. The quantitative estimate of drug-likeness (QED) is 0.826. The van der Waals surface area contributed by atoms with Crippen molar-refractivity contribution in [1.29, 1.82) is 0 Å². The van der Waals surface area contributed by atoms with Crippen molar-refractivity contribution in [2.75, 3.05) is 13.1 Å². The minimum absolute atomic E-state index is 0.0121. The molecule has 0 aromatic heterocycles. The zero-order valence-electron chi connectivity index (χ0n) is 15.3. The monoisotopic (exact) mass is 343 g/mol. The number of carbonyl (C=O) groups is 2. The summed E-state index contributed by atoms with van der Waals surface area (Å²) >= 11 is 0. The summed E-state index contributed by atoms with van der Waals surface area (Å²) in [6, 6.07) is 8.65. The van der Waals surface area contributed by atoms with Crippen molar-refractivity contribution < 1.29 is 9.59 Å². The molecule has 1 atom stereocenters. The van der Waals surface area contributed by atoms with E-state index in [1.165, 1.54) is 11.1 Å². The molecule has 5 nitrogen and oxygen atoms in total. The zero-order chi connectivity index (χ0) is 17.8. The zero-order valence-corrected chi connectivity index (χ0v) is 15.3. The van der Waals surface area contributed by atoms with E-state index in [0.29, 0.717) is 12.6 Å². The minimum Gasteiger partial charge on any atom is -0.353 e. The lowest BCUT2D eigenvalue weighted by Gasteiger charge is -2.39. The van der Waals surface area contributed by atoms with Gasteiger partial charge in [0, 0.05) is 25.2 Å². The molecular formula is C20H29N3O2. The van der Waals surface area contributed by atoms with Crippen molar-refractivity contribution in [1.82, 2.24) is 15.5 Å². The predicted octanol–water partition coefficient (Wildman–Crippen LogP) is 1.65. The highest BCUT2D eigenvalue weighted by Gasteiger charge is 2.38. The number of nitrogens with zero attached hydrogens (tertiary/aromatic N) is 1. The first kappa shape index (κ1) is 17.9. The molecule has 2 N–H and O–H groups in total. The number of amides is 2. The van der Waals surface area contributed by atoms with Crippen LogP contribution in [0.25, 0.3) is 0 Å². The van der Waals surface area contributed by atoms with Crippen LogP contribution in [0.5, 0.6) is 0 Å². The Morgan fingerprint density at radius 3 is 2.48 bits per heavy atom. The molecule has 1 aromatic rings. The van der Waals surface area contributed by atoms with Crippen molar-refractivity contribution >= 4 is 11.8 Å². The highest BCUT2D eigenvalue weighted by molar-refractivity contribution is 5.89. The van der Waals surface area contributed by atoms with E-state index in [1.807, 2.05) is 0 Å². The Bertz CT molecular complexity index is 602. The predicted molar refractivity (Wildman–Crippen MR) is 98.3 cm³/mol. The van der Waals surface area contributed by atoms with E-state index in [0.717, 1.165) is 32.2 Å². The maximum absolute atomic E-state index is 12.5. The molecule has 0 radical (unpaired) electrons. The Hall–Kier alpha value is -1.88. The van der Waals surface area contributed by atoms with E-state index in [9.17, 15) is 9.59 Å². The Morgan fingerprint density at radius 1 is 1.24 bits per heavy atom. The van der Waals surface area contributed by atoms with E-state index >= 15 is 0 Å². The average molecular weight is 343 g/mol. The normalized spacial score (nSPS) is 21.2. The Morgan fingerprint density at radius 2 is 1.88 bits per heavy atom. The Balaban J connectivity index is 1.68. The Kier molecular flexibility index (Phi) is 5.74. The summed E-state index contributed by atoms with van der Waals surface area (Å²) in [5.74, 6) is -0.0295. The van der Waals surface area contributed by atoms with Gasteiger partial charge in [0.05, 0.1) is 12.5 Å². The number of carbonyl (C=O) groups excluding carboxylic acids is 2. The first-order valence-electron chi connectivity index (χ1n) is 9.52. The molecule has 0 bridgehead atoms. The summed E-state index contributed by atoms with van der Waals surface area (Å²) in [5, 5.41) is 6.00. The number of piperazine rings is 1. The molecular weight excluding hydrogens is 314 g/mol. The molecule has 1 aliphatic heterocycles. The van der Waals surface area contributed by atoms with Crippen LogP contribution in [0.15, 0.2) is 24.3 Å². The van der Waals surface area contributed by atoms with Gasteiger partial charge in [-0.25, -0.2) is 0 Å². The van der Waals surface area contributed by atoms with E-state index in [2.05, 4.69) is 53.6 Å². The first-order valence-corrected chi connectivity index (χ1v) is 9.52. The lowest BCUT2D eigenvalue weighted by molar-refractivity contribution is -0.135. The van der Waals surface area contributed by atoms with Gasteiger partial charge in [0.15, 0.2) is 0 Å². The first-order chi connectivity index (χ1) is 12.1. The van der Waals surface area contributed by atoms with Crippen LogP contribution in [-0.4, -0.2) is 47.9 Å². The summed E-state index contributed by atoms with van der Waals surface area (Å²) < 4.78 is 0. The van der Waals surface area contributed by atoms with Crippen LogP contribution >= 0.6 is 0 Å². The Labute approximate surface area is 150 Å². The van der Waals surface area contributed by atoms with E-state index in [4.69, 9.17) is 0 Å². The topological polar surface area (TPSA) is 61.4 Å². The molecule has 3 rings (SSSR count). The molecule has 1 aromatic carbocycles. The van der Waals surface area contributed by atoms with E-state index in [-0.39, 0.29) is 30.3 Å². The van der Waals surface area contributed by atoms with Crippen molar-refractivity contribution in [3.05, 3.63) is 35.4 Å². The number of rotatable bonds is 6. The number of fused-ring (bicyclic) bond motifs is 1. The lowest BCUT2D eigenvalue weighted by Crippen LogP contribution is -2.60. The van der Waals surface area contributed by atoms with Crippen molar-refractivity contribution in [2.24, 2.45) is 0 Å². The second kappa shape index (κ2) is 8.00. The van der Waals surface area contributed by atoms with Gasteiger partial charge in [-0.1, -0.05) is 38.1 Å². The highest BCUT2D eigenvalue weighted by Crippen LogP contribution is 2.28. The highest BCUT2D eigenvalue weighted by atomic mass is 16.2. The second-order valence-corrected chi connectivity index (χ2v) is 7.16. The van der Waals surface area contributed by atoms with Crippen molar-refractivity contribution in [2.45, 2.75) is 64.1 Å². The SMILES string of the molecule is CCC(CC)NC(=O)CC1C(=O)NCCN1C1Cc2ccccc2C1. The van der Waals surface area contributed by atoms with Crippen LogP contribution in [0.1, 0.15) is 44.2 Å². The fraction of sp³-hybridized carbons (Fsp3) is 0.600. The van der Waals surface area contributed by atoms with Gasteiger partial charge >= 0.3 is 0 Å². The molecule has 0 saturated carbocycles. The van der Waals surface area contributed by atoms with Crippen LogP contribution < -0.4 is 10.6 Å². The third kappa shape index (κ3) is 4.03. The maximum atomic E-state index is 12.5. The van der Waals surface area contributed by atoms with Gasteiger partial charge in [0.2, 0.25) is 11.8 Å². The molecule has 1 aliphatic carbocycles. The molecule has 25 heavy (non-hydrogen) atoms. The summed E-state index contributed by atoms with van der Waals surface area (Å²) in [7, 11) is 0. The van der Waals surface area contributed by atoms with Crippen LogP contribution in [0.4, 0.5) is 0 Å². The minimum atomic E-state index is -0.359. The molecule has 0 spiro atoms. The molecule has 1 heterocycles. The van der Waals surface area contributed by atoms with Gasteiger partial charge in [-0.05, 0) is 36.8 Å². The van der Waals surface area contributed by atoms with Gasteiger partial charge in [-0.2, -0.15) is 0 Å². The smallest absolute Gasteiger partial charge is 0.237 e. The molecule has 1 fully saturated rings. The fourth-order valence-corrected chi connectivity index (χ4v) is 4.10. The summed E-state index contributed by atoms with van der Waals surface area (Å²) in [5.41, 5.74) is 2.75. The van der Waals surface area contributed by atoms with Crippen LogP contribution in [0.2, 0.25) is 0 Å². The number of benzene rings is 1. The number of hydrogen-bond acceptors (Lipinski definition) is 3. The lowest BCUT2D eigenvalue weighted by atomic mass is 10.0. The van der Waals surface area contributed by atoms with Crippen LogP contribution in [0, 0.1) is 0 Å². The second-order valence-electron chi connectivity index (χ2n) is 7.16. The molecule has 1 saturated heterocycles. The van der Waals surface area contributed by atoms with Crippen molar-refractivity contribution in [3.8, 4) is 0 Å². The van der Waals surface area contributed by atoms with Gasteiger partial charge in [0.25, 0.3) is 0 Å². The van der Waals surface area contributed by atoms with Gasteiger partial charge in [-0.15, -0.1) is 0 Å². The number of nitrogens with one attached hydrogen (secondary N) is 2. The third-order valence-electron chi connectivity index (χ3n) is 5.60. The molecule has 2 amide bonds. The summed E-state index contributed by atoms with van der Waals surface area (Å²) in [4.78, 5) is 27.2.